The highest BCUT2D eigenvalue weighted by atomic mass is 32.2. The van der Waals surface area contributed by atoms with Crippen molar-refractivity contribution in [2.24, 2.45) is 0 Å². The molecule has 3 heterocycles. The molecule has 0 bridgehead atoms. The number of sulfone groups is 1. The summed E-state index contributed by atoms with van der Waals surface area (Å²) in [6, 6.07) is 5.32. The number of urea groups is 1. The molecule has 1 unspecified atom stereocenters. The Hall–Kier alpha value is -3.19. The molecule has 2 aliphatic rings. The fraction of sp³-hybridized carbons (Fsp3) is 0.435. The van der Waals surface area contributed by atoms with Crippen molar-refractivity contribution in [2.45, 2.75) is 42.8 Å². The highest BCUT2D eigenvalue weighted by molar-refractivity contribution is 7.92. The van der Waals surface area contributed by atoms with Gasteiger partial charge in [0, 0.05) is 25.4 Å². The second-order valence-electron chi connectivity index (χ2n) is 8.60. The van der Waals surface area contributed by atoms with Crippen molar-refractivity contribution >= 4 is 27.5 Å². The molecule has 0 radical (unpaired) electrons. The number of aromatic nitrogens is 1. The number of hydrogen-bond acceptors (Lipinski definition) is 7. The smallest absolute Gasteiger partial charge is 0.476 e. The zero-order valence-corrected chi connectivity index (χ0v) is 20.3. The van der Waals surface area contributed by atoms with Crippen molar-refractivity contribution < 1.29 is 35.9 Å². The maximum Gasteiger partial charge on any atom is 0.501 e. The van der Waals surface area contributed by atoms with Crippen molar-refractivity contribution in [3.63, 3.8) is 0 Å². The van der Waals surface area contributed by atoms with Gasteiger partial charge < -0.3 is 9.64 Å². The van der Waals surface area contributed by atoms with Crippen LogP contribution in [0.15, 0.2) is 47.5 Å². The van der Waals surface area contributed by atoms with Gasteiger partial charge in [0.15, 0.2) is 0 Å². The van der Waals surface area contributed by atoms with E-state index < -0.39 is 38.2 Å². The standard InChI is InChI=1S/C23H25F3N4O5S/c1-16-21(31)30(18-4-6-19(7-5-18)36(33,34)23(24,25)26)22(32)29(16)15-17-8-9-27-20(14-17)35-13-12-28-10-2-3-11-28/h4-9,14,16H,2-3,10-13,15H2,1H3. The average molecular weight is 527 g/mol. The van der Waals surface area contributed by atoms with Crippen molar-refractivity contribution in [3.8, 4) is 5.88 Å². The van der Waals surface area contributed by atoms with E-state index in [-0.39, 0.29) is 12.2 Å². The fourth-order valence-corrected chi connectivity index (χ4v) is 4.93. The molecule has 9 nitrogen and oxygen atoms in total. The topological polar surface area (TPSA) is 100 Å². The summed E-state index contributed by atoms with van der Waals surface area (Å²) in [5, 5.41) is 0. The lowest BCUT2D eigenvalue weighted by atomic mass is 10.2. The average Bonchev–Trinajstić information content (AvgIpc) is 3.42. The van der Waals surface area contributed by atoms with Gasteiger partial charge in [-0.3, -0.25) is 9.69 Å². The molecule has 1 atom stereocenters. The van der Waals surface area contributed by atoms with Gasteiger partial charge in [0.25, 0.3) is 15.7 Å². The summed E-state index contributed by atoms with van der Waals surface area (Å²) >= 11 is 0. The van der Waals surface area contributed by atoms with E-state index in [9.17, 15) is 31.2 Å². The van der Waals surface area contributed by atoms with E-state index >= 15 is 0 Å². The van der Waals surface area contributed by atoms with E-state index in [1.165, 1.54) is 24.7 Å². The molecule has 0 spiro atoms. The largest absolute Gasteiger partial charge is 0.501 e. The van der Waals surface area contributed by atoms with Crippen LogP contribution in [-0.2, 0) is 21.2 Å². The summed E-state index contributed by atoms with van der Waals surface area (Å²) < 4.78 is 67.3. The SMILES string of the molecule is CC1C(=O)N(c2ccc(S(=O)(=O)C(F)(F)F)cc2)C(=O)N1Cc1ccnc(OCCN2CCCC2)c1. The van der Waals surface area contributed by atoms with Crippen molar-refractivity contribution in [3.05, 3.63) is 48.2 Å². The number of imide groups is 1. The van der Waals surface area contributed by atoms with Crippen LogP contribution in [0.25, 0.3) is 0 Å². The molecule has 4 rings (SSSR count). The predicted octanol–water partition coefficient (Wildman–Crippen LogP) is 3.21. The van der Waals surface area contributed by atoms with Crippen LogP contribution >= 0.6 is 0 Å². The minimum atomic E-state index is -5.54. The number of hydrogen-bond donors (Lipinski definition) is 0. The number of benzene rings is 1. The number of ether oxygens (including phenoxy) is 1. The lowest BCUT2D eigenvalue weighted by molar-refractivity contribution is -0.119. The first-order chi connectivity index (χ1) is 17.0. The number of alkyl halides is 3. The molecule has 1 aromatic heterocycles. The first-order valence-electron chi connectivity index (χ1n) is 11.3. The predicted molar refractivity (Wildman–Crippen MR) is 123 cm³/mol. The van der Waals surface area contributed by atoms with Crippen LogP contribution in [0.2, 0.25) is 0 Å². The summed E-state index contributed by atoms with van der Waals surface area (Å²) in [6.45, 7) is 4.99. The molecule has 2 fully saturated rings. The molecule has 0 saturated carbocycles. The van der Waals surface area contributed by atoms with Gasteiger partial charge >= 0.3 is 11.5 Å². The van der Waals surface area contributed by atoms with E-state index in [4.69, 9.17) is 4.74 Å². The number of carbonyl (C=O) groups excluding carboxylic acids is 2. The Labute approximate surface area is 206 Å². The number of pyridine rings is 1. The summed E-state index contributed by atoms with van der Waals surface area (Å²) in [4.78, 5) is 33.5. The Morgan fingerprint density at radius 2 is 1.75 bits per heavy atom. The Balaban J connectivity index is 1.44. The van der Waals surface area contributed by atoms with Gasteiger partial charge in [0.2, 0.25) is 5.88 Å². The molecule has 0 N–H and O–H groups in total. The van der Waals surface area contributed by atoms with Crippen molar-refractivity contribution in [2.75, 3.05) is 31.1 Å². The van der Waals surface area contributed by atoms with Crippen LogP contribution < -0.4 is 9.64 Å². The van der Waals surface area contributed by atoms with Gasteiger partial charge in [0.05, 0.1) is 10.6 Å². The molecule has 0 aliphatic carbocycles. The second kappa shape index (κ2) is 10.1. The molecular formula is C23H25F3N4O5S. The molecule has 2 saturated heterocycles. The molecule has 2 aliphatic heterocycles. The van der Waals surface area contributed by atoms with Crippen LogP contribution in [0.3, 0.4) is 0 Å². The minimum Gasteiger partial charge on any atom is -0.476 e. The van der Waals surface area contributed by atoms with Gasteiger partial charge in [-0.2, -0.15) is 13.2 Å². The van der Waals surface area contributed by atoms with E-state index in [1.54, 1.807) is 18.3 Å². The Morgan fingerprint density at radius 1 is 1.08 bits per heavy atom. The summed E-state index contributed by atoms with van der Waals surface area (Å²) in [5.41, 5.74) is -4.80. The van der Waals surface area contributed by atoms with Gasteiger partial charge in [-0.15, -0.1) is 0 Å². The molecule has 3 amide bonds. The Bertz CT molecular complexity index is 1230. The highest BCUT2D eigenvalue weighted by Crippen LogP contribution is 2.33. The van der Waals surface area contributed by atoms with Gasteiger partial charge in [0.1, 0.15) is 12.6 Å². The third-order valence-electron chi connectivity index (χ3n) is 6.20. The van der Waals surface area contributed by atoms with E-state index in [0.717, 1.165) is 48.8 Å². The second-order valence-corrected chi connectivity index (χ2v) is 10.5. The zero-order valence-electron chi connectivity index (χ0n) is 19.4. The van der Waals surface area contributed by atoms with Crippen LogP contribution in [0, 0.1) is 0 Å². The minimum absolute atomic E-state index is 0.0267. The fourth-order valence-electron chi connectivity index (χ4n) is 4.17. The molecular weight excluding hydrogens is 501 g/mol. The monoisotopic (exact) mass is 526 g/mol. The third-order valence-corrected chi connectivity index (χ3v) is 7.70. The summed E-state index contributed by atoms with van der Waals surface area (Å²) in [6.07, 6.45) is 3.91. The number of carbonyl (C=O) groups is 2. The van der Waals surface area contributed by atoms with Crippen LogP contribution in [-0.4, -0.2) is 72.9 Å². The molecule has 36 heavy (non-hydrogen) atoms. The van der Waals surface area contributed by atoms with Crippen molar-refractivity contribution in [1.82, 2.24) is 14.8 Å². The molecule has 1 aromatic carbocycles. The van der Waals surface area contributed by atoms with Crippen LogP contribution in [0.4, 0.5) is 23.7 Å². The third kappa shape index (κ3) is 5.16. The van der Waals surface area contributed by atoms with Gasteiger partial charge in [-0.1, -0.05) is 0 Å². The first kappa shape index (κ1) is 25.9. The van der Waals surface area contributed by atoms with E-state index in [0.29, 0.717) is 18.1 Å². The number of likely N-dealkylation sites (tertiary alicyclic amines) is 1. The number of rotatable bonds is 8. The number of nitrogens with zero attached hydrogens (tertiary/aromatic N) is 4. The zero-order chi connectivity index (χ0) is 26.1. The van der Waals surface area contributed by atoms with E-state index in [1.807, 2.05) is 0 Å². The number of halogens is 3. The lowest BCUT2D eigenvalue weighted by Gasteiger charge is -2.20. The maximum absolute atomic E-state index is 13.1. The van der Waals surface area contributed by atoms with Gasteiger partial charge in [-0.25, -0.2) is 23.1 Å². The Morgan fingerprint density at radius 3 is 2.39 bits per heavy atom. The molecule has 194 valence electrons. The van der Waals surface area contributed by atoms with Crippen LogP contribution in [0.1, 0.15) is 25.3 Å². The molecule has 2 aromatic rings. The van der Waals surface area contributed by atoms with Gasteiger partial charge in [-0.05, 0) is 68.8 Å². The normalized spacial score (nSPS) is 19.4. The maximum atomic E-state index is 13.1. The first-order valence-corrected chi connectivity index (χ1v) is 12.8. The number of anilines is 1. The van der Waals surface area contributed by atoms with Crippen molar-refractivity contribution in [1.29, 1.82) is 0 Å². The highest BCUT2D eigenvalue weighted by Gasteiger charge is 2.47. The molecule has 13 heteroatoms. The van der Waals surface area contributed by atoms with E-state index in [2.05, 4.69) is 9.88 Å². The summed E-state index contributed by atoms with van der Waals surface area (Å²) in [5.74, 6) is -0.182. The lowest BCUT2D eigenvalue weighted by Crippen LogP contribution is -2.33. The van der Waals surface area contributed by atoms with Crippen LogP contribution in [0.5, 0.6) is 5.88 Å². The quantitative estimate of drug-likeness (QED) is 0.487. The Kier molecular flexibility index (Phi) is 7.23. The number of amides is 3. The summed E-state index contributed by atoms with van der Waals surface area (Å²) in [7, 11) is -5.54.